The van der Waals surface area contributed by atoms with E-state index >= 15 is 0 Å². The topological polar surface area (TPSA) is 9.86 Å². The fourth-order valence-electron chi connectivity index (χ4n) is 7.75. The summed E-state index contributed by atoms with van der Waals surface area (Å²) in [4.78, 5) is 0. The van der Waals surface area contributed by atoms with Crippen LogP contribution in [-0.2, 0) is 0 Å². The summed E-state index contributed by atoms with van der Waals surface area (Å²) in [6, 6.07) is 70.4. The number of para-hydroxylation sites is 3. The fourth-order valence-corrected chi connectivity index (χ4v) is 7.75. The molecule has 0 amide bonds. The molecule has 0 aliphatic carbocycles. The van der Waals surface area contributed by atoms with Crippen LogP contribution in [0.4, 0.5) is 0 Å². The van der Waals surface area contributed by atoms with Gasteiger partial charge in [0.15, 0.2) is 0 Å². The molecule has 0 spiro atoms. The maximum Gasteiger partial charge on any atom is 0.0541 e. The first-order chi connectivity index (χ1) is 24.8. The van der Waals surface area contributed by atoms with Gasteiger partial charge >= 0.3 is 0 Å². The average Bonchev–Trinajstić information content (AvgIpc) is 3.71. The molecule has 0 unspecified atom stereocenters. The van der Waals surface area contributed by atoms with E-state index < -0.39 is 0 Å². The molecule has 8 aromatic carbocycles. The van der Waals surface area contributed by atoms with Crippen LogP contribution in [0, 0.1) is 0 Å². The average molecular weight is 637 g/mol. The monoisotopic (exact) mass is 636 g/mol. The van der Waals surface area contributed by atoms with Crippen LogP contribution in [0.25, 0.3) is 88.4 Å². The second-order valence-electron chi connectivity index (χ2n) is 13.0. The lowest BCUT2D eigenvalue weighted by atomic mass is 9.97. The van der Waals surface area contributed by atoms with E-state index in [1.54, 1.807) is 0 Å². The molecule has 0 aliphatic heterocycles. The highest BCUT2D eigenvalue weighted by atomic mass is 15.0. The summed E-state index contributed by atoms with van der Waals surface area (Å²) in [5.41, 5.74) is 14.5. The summed E-state index contributed by atoms with van der Waals surface area (Å²) >= 11 is 0. The molecule has 0 atom stereocenters. The number of benzene rings is 8. The zero-order chi connectivity index (χ0) is 33.0. The van der Waals surface area contributed by atoms with Gasteiger partial charge in [0.2, 0.25) is 0 Å². The van der Waals surface area contributed by atoms with Crippen molar-refractivity contribution in [2.45, 2.75) is 0 Å². The molecule has 10 aromatic rings. The lowest BCUT2D eigenvalue weighted by Gasteiger charge is -2.09. The van der Waals surface area contributed by atoms with Crippen molar-refractivity contribution in [2.75, 3.05) is 0 Å². The summed E-state index contributed by atoms with van der Waals surface area (Å²) in [7, 11) is 0. The largest absolute Gasteiger partial charge is 0.309 e. The Morgan fingerprint density at radius 2 is 0.580 bits per heavy atom. The van der Waals surface area contributed by atoms with E-state index in [-0.39, 0.29) is 0 Å². The van der Waals surface area contributed by atoms with Gasteiger partial charge in [0.25, 0.3) is 0 Å². The Kier molecular flexibility index (Phi) is 6.53. The molecule has 2 heterocycles. The number of rotatable bonds is 5. The zero-order valence-electron chi connectivity index (χ0n) is 27.4. The van der Waals surface area contributed by atoms with E-state index in [1.807, 2.05) is 0 Å². The van der Waals surface area contributed by atoms with Crippen molar-refractivity contribution >= 4 is 43.6 Å². The Hall–Kier alpha value is -6.64. The Balaban J connectivity index is 1.17. The van der Waals surface area contributed by atoms with Crippen LogP contribution >= 0.6 is 0 Å². The third-order valence-corrected chi connectivity index (χ3v) is 10.1. The third kappa shape index (κ3) is 4.57. The van der Waals surface area contributed by atoms with Crippen molar-refractivity contribution in [3.8, 4) is 44.8 Å². The quantitative estimate of drug-likeness (QED) is 0.178. The molecule has 50 heavy (non-hydrogen) atoms. The van der Waals surface area contributed by atoms with E-state index in [2.05, 4.69) is 203 Å². The molecule has 234 valence electrons. The van der Waals surface area contributed by atoms with Gasteiger partial charge in [0.05, 0.1) is 22.1 Å². The highest BCUT2D eigenvalue weighted by Crippen LogP contribution is 2.39. The number of fused-ring (bicyclic) bond motifs is 6. The molecule has 0 N–H and O–H groups in total. The summed E-state index contributed by atoms with van der Waals surface area (Å²) in [6.45, 7) is 0. The Morgan fingerprint density at radius 1 is 0.220 bits per heavy atom. The normalized spacial score (nSPS) is 11.6. The number of nitrogens with zero attached hydrogens (tertiary/aromatic N) is 2. The second kappa shape index (κ2) is 11.5. The van der Waals surface area contributed by atoms with Crippen molar-refractivity contribution in [2.24, 2.45) is 0 Å². The zero-order valence-corrected chi connectivity index (χ0v) is 27.4. The van der Waals surface area contributed by atoms with Gasteiger partial charge in [-0.1, -0.05) is 121 Å². The summed E-state index contributed by atoms with van der Waals surface area (Å²) in [6.07, 6.45) is 0. The lowest BCUT2D eigenvalue weighted by molar-refractivity contribution is 1.18. The van der Waals surface area contributed by atoms with E-state index in [1.165, 1.54) is 82.7 Å². The molecule has 0 radical (unpaired) electrons. The van der Waals surface area contributed by atoms with Crippen molar-refractivity contribution in [1.29, 1.82) is 0 Å². The highest BCUT2D eigenvalue weighted by Gasteiger charge is 2.17. The van der Waals surface area contributed by atoms with Gasteiger partial charge in [0.1, 0.15) is 0 Å². The SMILES string of the molecule is c1ccc(-c2cccc(-c3ccc4c(c3)c3cc(-c5ccc6c(c5)c5ccccc5n6-c5ccccc5)ccc3n4-c3ccccc3)c2)cc1. The summed E-state index contributed by atoms with van der Waals surface area (Å²) in [5.74, 6) is 0. The van der Waals surface area contributed by atoms with Crippen LogP contribution in [0.1, 0.15) is 0 Å². The molecular formula is C48H32N2. The Labute approximate surface area is 290 Å². The van der Waals surface area contributed by atoms with Gasteiger partial charge in [-0.3, -0.25) is 0 Å². The lowest BCUT2D eigenvalue weighted by Crippen LogP contribution is -1.93. The van der Waals surface area contributed by atoms with Crippen molar-refractivity contribution in [3.05, 3.63) is 194 Å². The molecule has 0 saturated heterocycles. The Bertz CT molecular complexity index is 2840. The molecule has 0 fully saturated rings. The molecule has 0 saturated carbocycles. The molecule has 2 nitrogen and oxygen atoms in total. The first-order valence-corrected chi connectivity index (χ1v) is 17.2. The Morgan fingerprint density at radius 3 is 1.10 bits per heavy atom. The maximum atomic E-state index is 2.40. The van der Waals surface area contributed by atoms with Crippen LogP contribution in [0.15, 0.2) is 194 Å². The molecule has 0 aliphatic rings. The summed E-state index contributed by atoms with van der Waals surface area (Å²) < 4.78 is 4.77. The van der Waals surface area contributed by atoms with Crippen LogP contribution in [-0.4, -0.2) is 9.13 Å². The minimum absolute atomic E-state index is 1.16. The highest BCUT2D eigenvalue weighted by molar-refractivity contribution is 6.13. The molecule has 10 rings (SSSR count). The first kappa shape index (κ1) is 28.4. The van der Waals surface area contributed by atoms with Gasteiger partial charge in [0, 0.05) is 32.9 Å². The fraction of sp³-hybridized carbons (Fsp3) is 0. The molecular weight excluding hydrogens is 605 g/mol. The smallest absolute Gasteiger partial charge is 0.0541 e. The van der Waals surface area contributed by atoms with Crippen LogP contribution < -0.4 is 0 Å². The third-order valence-electron chi connectivity index (χ3n) is 10.1. The van der Waals surface area contributed by atoms with Crippen molar-refractivity contribution < 1.29 is 0 Å². The minimum atomic E-state index is 1.16. The predicted molar refractivity (Wildman–Crippen MR) is 211 cm³/mol. The predicted octanol–water partition coefficient (Wildman–Crippen LogP) is 12.9. The van der Waals surface area contributed by atoms with Gasteiger partial charge in [-0.25, -0.2) is 0 Å². The van der Waals surface area contributed by atoms with Crippen molar-refractivity contribution in [3.63, 3.8) is 0 Å². The van der Waals surface area contributed by atoms with E-state index in [0.29, 0.717) is 0 Å². The van der Waals surface area contributed by atoms with Crippen LogP contribution in [0.3, 0.4) is 0 Å². The number of hydrogen-bond acceptors (Lipinski definition) is 0. The van der Waals surface area contributed by atoms with Gasteiger partial charge in [-0.2, -0.15) is 0 Å². The molecule has 2 aromatic heterocycles. The van der Waals surface area contributed by atoms with Gasteiger partial charge < -0.3 is 9.13 Å². The van der Waals surface area contributed by atoms with Crippen LogP contribution in [0.2, 0.25) is 0 Å². The number of aromatic nitrogens is 2. The van der Waals surface area contributed by atoms with Gasteiger partial charge in [-0.15, -0.1) is 0 Å². The second-order valence-corrected chi connectivity index (χ2v) is 13.0. The number of hydrogen-bond donors (Lipinski definition) is 0. The molecule has 2 heteroatoms. The van der Waals surface area contributed by atoms with E-state index in [4.69, 9.17) is 0 Å². The standard InChI is InChI=1S/C48H32N2/c1-4-13-33(14-5-1)34-15-12-16-35(29-34)36-23-27-47-43(31-36)44-32-38(25-28-48(44)50(47)40-19-8-3-9-20-40)37-24-26-46-42(30-37)41-21-10-11-22-45(41)49(46)39-17-6-2-7-18-39/h1-32H. The summed E-state index contributed by atoms with van der Waals surface area (Å²) in [5, 5.41) is 5.01. The van der Waals surface area contributed by atoms with E-state index in [0.717, 1.165) is 5.69 Å². The van der Waals surface area contributed by atoms with Crippen molar-refractivity contribution in [1.82, 2.24) is 9.13 Å². The van der Waals surface area contributed by atoms with Gasteiger partial charge in [-0.05, 0) is 106 Å². The maximum absolute atomic E-state index is 2.40. The molecule has 0 bridgehead atoms. The first-order valence-electron chi connectivity index (χ1n) is 17.2. The minimum Gasteiger partial charge on any atom is -0.309 e. The van der Waals surface area contributed by atoms with Crippen LogP contribution in [0.5, 0.6) is 0 Å². The van der Waals surface area contributed by atoms with E-state index in [9.17, 15) is 0 Å².